The third kappa shape index (κ3) is 5.17. The van der Waals surface area contributed by atoms with E-state index in [4.69, 9.17) is 10.3 Å². The maximum atomic E-state index is 6.17. The number of nitrogens with zero attached hydrogens (tertiary/aromatic N) is 2. The Balaban J connectivity index is 1.92. The zero-order valence-corrected chi connectivity index (χ0v) is 14.6. The van der Waals surface area contributed by atoms with Crippen LogP contribution in [0.25, 0.3) is 11.4 Å². The van der Waals surface area contributed by atoms with Crippen molar-refractivity contribution in [3.8, 4) is 11.4 Å². The highest BCUT2D eigenvalue weighted by atomic mass is 16.5. The molecule has 0 aliphatic heterocycles. The van der Waals surface area contributed by atoms with Crippen LogP contribution >= 0.6 is 0 Å². The van der Waals surface area contributed by atoms with E-state index in [-0.39, 0.29) is 6.04 Å². The molecular formula is C19H29N3O. The van der Waals surface area contributed by atoms with Crippen molar-refractivity contribution in [2.75, 3.05) is 0 Å². The Kier molecular flexibility index (Phi) is 6.78. The van der Waals surface area contributed by atoms with E-state index in [1.807, 2.05) is 12.1 Å². The van der Waals surface area contributed by atoms with Crippen LogP contribution in [0.2, 0.25) is 0 Å². The van der Waals surface area contributed by atoms with Gasteiger partial charge in [-0.05, 0) is 17.9 Å². The standard InChI is InChI=1S/C19H29N3O/c1-4-5-6-7-8-9-17-21-19(22-23-17)16-12-10-15(11-13-16)18(20)14(2)3/h10-14,18H,4-9,20H2,1-3H3/t18-/m0/s1. The van der Waals surface area contributed by atoms with Crippen molar-refractivity contribution in [3.63, 3.8) is 0 Å². The minimum atomic E-state index is 0.0630. The van der Waals surface area contributed by atoms with Crippen molar-refractivity contribution >= 4 is 0 Å². The summed E-state index contributed by atoms with van der Waals surface area (Å²) >= 11 is 0. The van der Waals surface area contributed by atoms with Gasteiger partial charge in [-0.25, -0.2) is 0 Å². The van der Waals surface area contributed by atoms with Gasteiger partial charge < -0.3 is 10.3 Å². The lowest BCUT2D eigenvalue weighted by Gasteiger charge is -2.15. The minimum absolute atomic E-state index is 0.0630. The highest BCUT2D eigenvalue weighted by Crippen LogP contribution is 2.23. The lowest BCUT2D eigenvalue weighted by molar-refractivity contribution is 0.374. The molecule has 0 saturated heterocycles. The molecule has 1 aromatic heterocycles. The van der Waals surface area contributed by atoms with Gasteiger partial charge in [0.15, 0.2) is 0 Å². The Morgan fingerprint density at radius 2 is 1.74 bits per heavy atom. The zero-order chi connectivity index (χ0) is 16.7. The molecule has 0 fully saturated rings. The quantitative estimate of drug-likeness (QED) is 0.668. The van der Waals surface area contributed by atoms with Crippen LogP contribution in [-0.2, 0) is 6.42 Å². The van der Waals surface area contributed by atoms with Gasteiger partial charge in [0.1, 0.15) is 0 Å². The van der Waals surface area contributed by atoms with Gasteiger partial charge in [-0.1, -0.05) is 75.9 Å². The normalized spacial score (nSPS) is 12.7. The highest BCUT2D eigenvalue weighted by Gasteiger charge is 2.12. The number of hydrogen-bond donors (Lipinski definition) is 1. The molecule has 0 aliphatic carbocycles. The molecule has 0 bridgehead atoms. The second-order valence-electron chi connectivity index (χ2n) is 6.57. The van der Waals surface area contributed by atoms with Crippen LogP contribution in [0, 0.1) is 5.92 Å². The maximum absolute atomic E-state index is 6.17. The summed E-state index contributed by atoms with van der Waals surface area (Å²) < 4.78 is 5.36. The first-order chi connectivity index (χ1) is 11.1. The van der Waals surface area contributed by atoms with Crippen LogP contribution in [0.5, 0.6) is 0 Å². The predicted molar refractivity (Wildman–Crippen MR) is 94.0 cm³/mol. The number of rotatable bonds is 9. The van der Waals surface area contributed by atoms with Gasteiger partial charge in [0.05, 0.1) is 0 Å². The van der Waals surface area contributed by atoms with E-state index in [0.717, 1.165) is 29.9 Å². The predicted octanol–water partition coefficient (Wildman–Crippen LogP) is 4.91. The van der Waals surface area contributed by atoms with Crippen molar-refractivity contribution < 1.29 is 4.52 Å². The number of hydrogen-bond acceptors (Lipinski definition) is 4. The van der Waals surface area contributed by atoms with E-state index < -0.39 is 0 Å². The fraction of sp³-hybridized carbons (Fsp3) is 0.579. The molecule has 0 radical (unpaired) electrons. The van der Waals surface area contributed by atoms with E-state index in [1.54, 1.807) is 0 Å². The van der Waals surface area contributed by atoms with E-state index in [0.29, 0.717) is 11.7 Å². The Morgan fingerprint density at radius 1 is 1.04 bits per heavy atom. The first kappa shape index (κ1) is 17.7. The van der Waals surface area contributed by atoms with Crippen LogP contribution in [0.15, 0.2) is 28.8 Å². The third-order valence-corrected chi connectivity index (χ3v) is 4.23. The van der Waals surface area contributed by atoms with Gasteiger partial charge in [-0.3, -0.25) is 0 Å². The molecule has 2 rings (SSSR count). The van der Waals surface area contributed by atoms with Gasteiger partial charge in [0, 0.05) is 18.0 Å². The fourth-order valence-electron chi connectivity index (χ4n) is 2.59. The summed E-state index contributed by atoms with van der Waals surface area (Å²) in [5.41, 5.74) is 8.29. The molecule has 0 aliphatic rings. The van der Waals surface area contributed by atoms with E-state index in [9.17, 15) is 0 Å². The Labute approximate surface area is 139 Å². The first-order valence-corrected chi connectivity index (χ1v) is 8.80. The van der Waals surface area contributed by atoms with Crippen molar-refractivity contribution in [2.24, 2.45) is 11.7 Å². The average molecular weight is 315 g/mol. The van der Waals surface area contributed by atoms with Gasteiger partial charge in [-0.15, -0.1) is 0 Å². The molecule has 0 amide bonds. The zero-order valence-electron chi connectivity index (χ0n) is 14.6. The van der Waals surface area contributed by atoms with Crippen LogP contribution < -0.4 is 5.73 Å². The number of benzene rings is 1. The maximum Gasteiger partial charge on any atom is 0.226 e. The van der Waals surface area contributed by atoms with Crippen molar-refractivity contribution in [1.82, 2.24) is 10.1 Å². The molecule has 2 aromatic rings. The second kappa shape index (κ2) is 8.82. The second-order valence-corrected chi connectivity index (χ2v) is 6.57. The summed E-state index contributed by atoms with van der Waals surface area (Å²) in [6.07, 6.45) is 7.07. The molecule has 126 valence electrons. The molecule has 1 aromatic carbocycles. The fourth-order valence-corrected chi connectivity index (χ4v) is 2.59. The minimum Gasteiger partial charge on any atom is -0.339 e. The molecule has 4 heteroatoms. The SMILES string of the molecule is CCCCCCCc1nc(-c2ccc([C@@H](N)C(C)C)cc2)no1. The van der Waals surface area contributed by atoms with Crippen molar-refractivity contribution in [3.05, 3.63) is 35.7 Å². The largest absolute Gasteiger partial charge is 0.339 e. The average Bonchev–Trinajstić information content (AvgIpc) is 3.03. The van der Waals surface area contributed by atoms with E-state index >= 15 is 0 Å². The van der Waals surface area contributed by atoms with E-state index in [1.165, 1.54) is 25.7 Å². The van der Waals surface area contributed by atoms with Crippen molar-refractivity contribution in [2.45, 2.75) is 65.3 Å². The summed E-state index contributed by atoms with van der Waals surface area (Å²) in [5, 5.41) is 4.09. The van der Waals surface area contributed by atoms with Crippen LogP contribution in [0.4, 0.5) is 0 Å². The number of aromatic nitrogens is 2. The Morgan fingerprint density at radius 3 is 2.39 bits per heavy atom. The number of nitrogens with two attached hydrogens (primary N) is 1. The molecule has 4 nitrogen and oxygen atoms in total. The first-order valence-electron chi connectivity index (χ1n) is 8.80. The summed E-state index contributed by atoms with van der Waals surface area (Å²) in [4.78, 5) is 4.50. The Bertz CT molecular complexity index is 575. The number of unbranched alkanes of at least 4 members (excludes halogenated alkanes) is 4. The smallest absolute Gasteiger partial charge is 0.226 e. The molecule has 1 atom stereocenters. The molecule has 0 spiro atoms. The van der Waals surface area contributed by atoms with Crippen LogP contribution in [0.3, 0.4) is 0 Å². The van der Waals surface area contributed by atoms with Crippen molar-refractivity contribution in [1.29, 1.82) is 0 Å². The third-order valence-electron chi connectivity index (χ3n) is 4.23. The molecule has 1 heterocycles. The summed E-state index contributed by atoms with van der Waals surface area (Å²) in [5.74, 6) is 1.82. The molecule has 2 N–H and O–H groups in total. The molecule has 0 unspecified atom stereocenters. The van der Waals surface area contributed by atoms with Crippen LogP contribution in [0.1, 0.15) is 70.4 Å². The van der Waals surface area contributed by atoms with Gasteiger partial charge in [-0.2, -0.15) is 4.98 Å². The van der Waals surface area contributed by atoms with Gasteiger partial charge in [0.2, 0.25) is 11.7 Å². The van der Waals surface area contributed by atoms with Crippen LogP contribution in [-0.4, -0.2) is 10.1 Å². The summed E-state index contributed by atoms with van der Waals surface area (Å²) in [6.45, 7) is 6.48. The Hall–Kier alpha value is -1.68. The number of aryl methyl sites for hydroxylation is 1. The van der Waals surface area contributed by atoms with Gasteiger partial charge >= 0.3 is 0 Å². The summed E-state index contributed by atoms with van der Waals surface area (Å²) in [7, 11) is 0. The molecule has 0 saturated carbocycles. The van der Waals surface area contributed by atoms with E-state index in [2.05, 4.69) is 43.0 Å². The molecule has 23 heavy (non-hydrogen) atoms. The lowest BCUT2D eigenvalue weighted by Crippen LogP contribution is -2.16. The van der Waals surface area contributed by atoms with Gasteiger partial charge in [0.25, 0.3) is 0 Å². The topological polar surface area (TPSA) is 64.9 Å². The summed E-state index contributed by atoms with van der Waals surface area (Å²) in [6, 6.07) is 8.22. The highest BCUT2D eigenvalue weighted by molar-refractivity contribution is 5.54. The lowest BCUT2D eigenvalue weighted by atomic mass is 9.96. The molecular weight excluding hydrogens is 286 g/mol. The monoisotopic (exact) mass is 315 g/mol.